The first kappa shape index (κ1) is 12.8. The average Bonchev–Trinajstić information content (AvgIpc) is 2.30. The highest BCUT2D eigenvalue weighted by Crippen LogP contribution is 2.20. The van der Waals surface area contributed by atoms with E-state index in [9.17, 15) is 0 Å². The largest absolute Gasteiger partial charge is 0.310 e. The van der Waals surface area contributed by atoms with Gasteiger partial charge in [-0.25, -0.2) is 0 Å². The second kappa shape index (κ2) is 7.09. The van der Waals surface area contributed by atoms with E-state index in [4.69, 9.17) is 6.42 Å². The maximum absolute atomic E-state index is 5.24. The van der Waals surface area contributed by atoms with Crippen molar-refractivity contribution in [3.63, 3.8) is 0 Å². The third kappa shape index (κ3) is 4.08. The highest BCUT2D eigenvalue weighted by Gasteiger charge is 2.13. The third-order valence-corrected chi connectivity index (χ3v) is 2.69. The van der Waals surface area contributed by atoms with Gasteiger partial charge in [-0.1, -0.05) is 44.2 Å². The zero-order valence-corrected chi connectivity index (χ0v) is 10.2. The summed E-state index contributed by atoms with van der Waals surface area (Å²) >= 11 is 0. The van der Waals surface area contributed by atoms with Gasteiger partial charge in [0.05, 0.1) is 0 Å². The maximum Gasteiger partial charge on any atom is 0.0343 e. The molecule has 0 aliphatic rings. The Bertz CT molecular complexity index is 321. The number of hydrogen-bond acceptors (Lipinski definition) is 1. The van der Waals surface area contributed by atoms with Crippen LogP contribution in [0.4, 0.5) is 0 Å². The highest BCUT2D eigenvalue weighted by atomic mass is 14.9. The predicted molar refractivity (Wildman–Crippen MR) is 70.1 cm³/mol. The lowest BCUT2D eigenvalue weighted by molar-refractivity contribution is 0.410. The van der Waals surface area contributed by atoms with E-state index < -0.39 is 0 Å². The van der Waals surface area contributed by atoms with Crippen molar-refractivity contribution in [1.29, 1.82) is 0 Å². The van der Waals surface area contributed by atoms with E-state index in [2.05, 4.69) is 55.4 Å². The fourth-order valence-electron chi connectivity index (χ4n) is 1.85. The van der Waals surface area contributed by atoms with Crippen LogP contribution < -0.4 is 5.32 Å². The van der Waals surface area contributed by atoms with Crippen molar-refractivity contribution in [3.05, 3.63) is 35.9 Å². The van der Waals surface area contributed by atoms with Crippen molar-refractivity contribution in [2.45, 2.75) is 32.7 Å². The van der Waals surface area contributed by atoms with Crippen molar-refractivity contribution in [1.82, 2.24) is 5.32 Å². The van der Waals surface area contributed by atoms with Crippen LogP contribution in [0.25, 0.3) is 0 Å². The monoisotopic (exact) mass is 215 g/mol. The molecule has 0 aliphatic carbocycles. The molecular weight excluding hydrogens is 194 g/mol. The maximum atomic E-state index is 5.24. The summed E-state index contributed by atoms with van der Waals surface area (Å²) in [7, 11) is 0. The summed E-state index contributed by atoms with van der Waals surface area (Å²) in [5.74, 6) is 3.26. The van der Waals surface area contributed by atoms with Crippen molar-refractivity contribution in [2.24, 2.45) is 5.92 Å². The molecule has 0 aliphatic heterocycles. The number of benzene rings is 1. The Balaban J connectivity index is 2.53. The van der Waals surface area contributed by atoms with E-state index in [1.54, 1.807) is 0 Å². The summed E-state index contributed by atoms with van der Waals surface area (Å²) in [4.78, 5) is 0. The summed E-state index contributed by atoms with van der Waals surface area (Å²) in [6, 6.07) is 11.0. The molecule has 1 unspecified atom stereocenters. The van der Waals surface area contributed by atoms with Gasteiger partial charge in [0.2, 0.25) is 0 Å². The lowest BCUT2D eigenvalue weighted by atomic mass is 9.96. The molecule has 0 radical (unpaired) electrons. The fourth-order valence-corrected chi connectivity index (χ4v) is 1.85. The van der Waals surface area contributed by atoms with Crippen LogP contribution in [0.3, 0.4) is 0 Å². The van der Waals surface area contributed by atoms with E-state index in [1.807, 2.05) is 0 Å². The molecule has 0 saturated carbocycles. The molecule has 86 valence electrons. The Morgan fingerprint density at radius 1 is 1.25 bits per heavy atom. The van der Waals surface area contributed by atoms with E-state index in [1.165, 1.54) is 5.56 Å². The summed E-state index contributed by atoms with van der Waals surface area (Å²) in [5.41, 5.74) is 1.36. The number of hydrogen-bond donors (Lipinski definition) is 1. The SMILES string of the molecule is C#CCCCNC(c1ccccc1)C(C)C. The molecule has 0 saturated heterocycles. The zero-order valence-electron chi connectivity index (χ0n) is 10.2. The van der Waals surface area contributed by atoms with Gasteiger partial charge in [0.25, 0.3) is 0 Å². The second-order valence-electron chi connectivity index (χ2n) is 4.39. The summed E-state index contributed by atoms with van der Waals surface area (Å²) in [6.45, 7) is 5.47. The van der Waals surface area contributed by atoms with Gasteiger partial charge >= 0.3 is 0 Å². The molecule has 0 aromatic heterocycles. The van der Waals surface area contributed by atoms with Gasteiger partial charge in [-0.3, -0.25) is 0 Å². The van der Waals surface area contributed by atoms with E-state index >= 15 is 0 Å². The smallest absolute Gasteiger partial charge is 0.0343 e. The molecular formula is C15H21N. The molecule has 1 heteroatoms. The van der Waals surface area contributed by atoms with Gasteiger partial charge in [-0.2, -0.15) is 0 Å². The second-order valence-corrected chi connectivity index (χ2v) is 4.39. The Labute approximate surface area is 99.3 Å². The van der Waals surface area contributed by atoms with Gasteiger partial charge in [-0.15, -0.1) is 12.3 Å². The normalized spacial score (nSPS) is 12.4. The standard InChI is InChI=1S/C15H21N/c1-4-5-9-12-16-15(13(2)3)14-10-7-6-8-11-14/h1,6-8,10-11,13,15-16H,5,9,12H2,2-3H3. The van der Waals surface area contributed by atoms with Crippen molar-refractivity contribution in [3.8, 4) is 12.3 Å². The van der Waals surface area contributed by atoms with Crippen molar-refractivity contribution < 1.29 is 0 Å². The van der Waals surface area contributed by atoms with Crippen molar-refractivity contribution in [2.75, 3.05) is 6.54 Å². The Hall–Kier alpha value is -1.26. The molecule has 0 heterocycles. The number of rotatable bonds is 6. The third-order valence-electron chi connectivity index (χ3n) is 2.69. The first-order valence-corrected chi connectivity index (χ1v) is 5.97. The molecule has 0 bridgehead atoms. The molecule has 1 N–H and O–H groups in total. The van der Waals surface area contributed by atoms with Crippen LogP contribution in [-0.4, -0.2) is 6.54 Å². The van der Waals surface area contributed by atoms with Crippen LogP contribution in [0.5, 0.6) is 0 Å². The van der Waals surface area contributed by atoms with Crippen LogP contribution in [0, 0.1) is 18.3 Å². The van der Waals surface area contributed by atoms with Gasteiger partial charge in [0, 0.05) is 12.5 Å². The van der Waals surface area contributed by atoms with Gasteiger partial charge < -0.3 is 5.32 Å². The zero-order chi connectivity index (χ0) is 11.8. The Morgan fingerprint density at radius 3 is 2.50 bits per heavy atom. The Kier molecular flexibility index (Phi) is 5.67. The molecule has 16 heavy (non-hydrogen) atoms. The number of nitrogens with one attached hydrogen (secondary N) is 1. The van der Waals surface area contributed by atoms with Crippen LogP contribution >= 0.6 is 0 Å². The van der Waals surface area contributed by atoms with Crippen LogP contribution in [0.1, 0.15) is 38.3 Å². The first-order chi connectivity index (χ1) is 7.75. The average molecular weight is 215 g/mol. The van der Waals surface area contributed by atoms with Gasteiger partial charge in [0.15, 0.2) is 0 Å². The molecule has 0 spiro atoms. The topological polar surface area (TPSA) is 12.0 Å². The molecule has 1 nitrogen and oxygen atoms in total. The molecule has 0 fully saturated rings. The van der Waals surface area contributed by atoms with E-state index in [-0.39, 0.29) is 0 Å². The minimum atomic E-state index is 0.430. The number of terminal acetylenes is 1. The lowest BCUT2D eigenvalue weighted by Gasteiger charge is -2.22. The minimum absolute atomic E-state index is 0.430. The van der Waals surface area contributed by atoms with Crippen LogP contribution in [0.2, 0.25) is 0 Å². The summed E-state index contributed by atoms with van der Waals surface area (Å²) < 4.78 is 0. The van der Waals surface area contributed by atoms with E-state index in [0.717, 1.165) is 19.4 Å². The van der Waals surface area contributed by atoms with Crippen LogP contribution in [-0.2, 0) is 0 Å². The lowest BCUT2D eigenvalue weighted by Crippen LogP contribution is -2.26. The first-order valence-electron chi connectivity index (χ1n) is 5.97. The minimum Gasteiger partial charge on any atom is -0.310 e. The fraction of sp³-hybridized carbons (Fsp3) is 0.467. The molecule has 1 aromatic rings. The Morgan fingerprint density at radius 2 is 1.94 bits per heavy atom. The molecule has 1 atom stereocenters. The molecule has 1 rings (SSSR count). The van der Waals surface area contributed by atoms with E-state index in [0.29, 0.717) is 12.0 Å². The van der Waals surface area contributed by atoms with Gasteiger partial charge in [0.1, 0.15) is 0 Å². The van der Waals surface area contributed by atoms with Crippen molar-refractivity contribution >= 4 is 0 Å². The molecule has 1 aromatic carbocycles. The number of unbranched alkanes of at least 4 members (excludes halogenated alkanes) is 1. The summed E-state index contributed by atoms with van der Waals surface area (Å²) in [6.07, 6.45) is 7.14. The quantitative estimate of drug-likeness (QED) is 0.566. The van der Waals surface area contributed by atoms with Crippen LogP contribution in [0.15, 0.2) is 30.3 Å². The predicted octanol–water partition coefficient (Wildman–Crippen LogP) is 3.39. The summed E-state index contributed by atoms with van der Waals surface area (Å²) in [5, 5.41) is 3.57. The highest BCUT2D eigenvalue weighted by molar-refractivity contribution is 5.19. The van der Waals surface area contributed by atoms with Gasteiger partial charge in [-0.05, 0) is 24.4 Å². The molecule has 0 amide bonds.